The predicted octanol–water partition coefficient (Wildman–Crippen LogP) is 4.29. The van der Waals surface area contributed by atoms with Crippen molar-refractivity contribution in [2.75, 3.05) is 36.5 Å². The van der Waals surface area contributed by atoms with Crippen LogP contribution in [-0.2, 0) is 16.1 Å². The molecule has 0 heterocycles. The third kappa shape index (κ3) is 6.53. The van der Waals surface area contributed by atoms with Gasteiger partial charge in [0.15, 0.2) is 5.11 Å². The first-order valence-corrected chi connectivity index (χ1v) is 10.1. The maximum Gasteiger partial charge on any atom is 0.325 e. The van der Waals surface area contributed by atoms with E-state index in [1.165, 1.54) is 5.69 Å². The van der Waals surface area contributed by atoms with E-state index in [1.807, 2.05) is 47.4 Å². The van der Waals surface area contributed by atoms with E-state index in [1.54, 1.807) is 6.92 Å². The van der Waals surface area contributed by atoms with Gasteiger partial charge in [-0.25, -0.2) is 0 Å². The number of nitrogens with one attached hydrogen (secondary N) is 1. The van der Waals surface area contributed by atoms with E-state index in [4.69, 9.17) is 17.0 Å². The third-order valence-corrected chi connectivity index (χ3v) is 4.74. The standard InChI is InChI=1S/C22H29N3O2S/c1-4-24(5-2)20-14-12-19(13-15-20)23-22(28)25(17-21(26)27-6-3)16-18-10-8-7-9-11-18/h7-15H,4-6,16-17H2,1-3H3,(H,23,28). The van der Waals surface area contributed by atoms with Gasteiger partial charge in [-0.15, -0.1) is 0 Å². The summed E-state index contributed by atoms with van der Waals surface area (Å²) in [6.07, 6.45) is 0. The molecule has 0 radical (unpaired) electrons. The van der Waals surface area contributed by atoms with Crippen LogP contribution in [0.3, 0.4) is 0 Å². The van der Waals surface area contributed by atoms with Gasteiger partial charge in [-0.05, 0) is 62.8 Å². The van der Waals surface area contributed by atoms with E-state index in [-0.39, 0.29) is 12.5 Å². The number of esters is 1. The van der Waals surface area contributed by atoms with Gasteiger partial charge in [-0.2, -0.15) is 0 Å². The molecule has 2 aromatic carbocycles. The summed E-state index contributed by atoms with van der Waals surface area (Å²) >= 11 is 5.59. The molecule has 150 valence electrons. The van der Waals surface area contributed by atoms with Crippen molar-refractivity contribution >= 4 is 34.7 Å². The van der Waals surface area contributed by atoms with Crippen molar-refractivity contribution < 1.29 is 9.53 Å². The minimum absolute atomic E-state index is 0.103. The number of nitrogens with zero attached hydrogens (tertiary/aromatic N) is 2. The minimum atomic E-state index is -0.292. The zero-order valence-corrected chi connectivity index (χ0v) is 17.7. The zero-order valence-electron chi connectivity index (χ0n) is 16.9. The smallest absolute Gasteiger partial charge is 0.325 e. The van der Waals surface area contributed by atoms with Crippen molar-refractivity contribution in [3.8, 4) is 0 Å². The summed E-state index contributed by atoms with van der Waals surface area (Å²) < 4.78 is 5.10. The second-order valence-electron chi connectivity index (χ2n) is 6.30. The summed E-state index contributed by atoms with van der Waals surface area (Å²) in [6, 6.07) is 18.1. The van der Waals surface area contributed by atoms with Crippen LogP contribution in [0.5, 0.6) is 0 Å². The first-order valence-electron chi connectivity index (χ1n) is 9.67. The molecule has 0 saturated heterocycles. The molecule has 0 aromatic heterocycles. The molecule has 0 spiro atoms. The molecule has 28 heavy (non-hydrogen) atoms. The SMILES string of the molecule is CCOC(=O)CN(Cc1ccccc1)C(=S)Nc1ccc(N(CC)CC)cc1. The number of ether oxygens (including phenoxy) is 1. The van der Waals surface area contributed by atoms with Crippen LogP contribution in [0.15, 0.2) is 54.6 Å². The van der Waals surface area contributed by atoms with Gasteiger partial charge < -0.3 is 19.9 Å². The lowest BCUT2D eigenvalue weighted by molar-refractivity contribution is -0.143. The number of carbonyl (C=O) groups excluding carboxylic acids is 1. The Labute approximate surface area is 173 Å². The van der Waals surface area contributed by atoms with Crippen LogP contribution in [0.1, 0.15) is 26.3 Å². The van der Waals surface area contributed by atoms with E-state index in [2.05, 4.69) is 36.2 Å². The molecule has 1 N–H and O–H groups in total. The van der Waals surface area contributed by atoms with Crippen LogP contribution in [0.25, 0.3) is 0 Å². The number of thiocarbonyl (C=S) groups is 1. The number of rotatable bonds is 9. The first kappa shape index (κ1) is 21.7. The largest absolute Gasteiger partial charge is 0.465 e. The fraction of sp³-hybridized carbons (Fsp3) is 0.364. The third-order valence-electron chi connectivity index (χ3n) is 4.38. The van der Waals surface area contributed by atoms with Crippen LogP contribution in [0, 0.1) is 0 Å². The van der Waals surface area contributed by atoms with Crippen LogP contribution >= 0.6 is 12.2 Å². The monoisotopic (exact) mass is 399 g/mol. The molecular formula is C22H29N3O2S. The topological polar surface area (TPSA) is 44.8 Å². The number of anilines is 2. The number of benzene rings is 2. The van der Waals surface area contributed by atoms with Gasteiger partial charge in [0, 0.05) is 31.0 Å². The van der Waals surface area contributed by atoms with E-state index in [0.29, 0.717) is 18.3 Å². The van der Waals surface area contributed by atoms with Crippen LogP contribution < -0.4 is 10.2 Å². The maximum atomic E-state index is 12.0. The summed E-state index contributed by atoms with van der Waals surface area (Å²) in [4.78, 5) is 16.1. The molecule has 0 aliphatic rings. The second-order valence-corrected chi connectivity index (χ2v) is 6.68. The lowest BCUT2D eigenvalue weighted by Crippen LogP contribution is -2.38. The zero-order chi connectivity index (χ0) is 20.4. The van der Waals surface area contributed by atoms with Crippen molar-refractivity contribution in [3.05, 3.63) is 60.2 Å². The van der Waals surface area contributed by atoms with Crippen molar-refractivity contribution in [1.82, 2.24) is 4.90 Å². The van der Waals surface area contributed by atoms with Crippen molar-refractivity contribution in [3.63, 3.8) is 0 Å². The molecule has 2 aromatic rings. The summed E-state index contributed by atoms with van der Waals surface area (Å²) in [7, 11) is 0. The molecule has 5 nitrogen and oxygen atoms in total. The Morgan fingerprint density at radius 1 is 1.00 bits per heavy atom. The van der Waals surface area contributed by atoms with Crippen LogP contribution in [0.4, 0.5) is 11.4 Å². The number of carbonyl (C=O) groups is 1. The Morgan fingerprint density at radius 2 is 1.64 bits per heavy atom. The lowest BCUT2D eigenvalue weighted by Gasteiger charge is -2.25. The highest BCUT2D eigenvalue weighted by Crippen LogP contribution is 2.18. The molecule has 0 aliphatic heterocycles. The van der Waals surface area contributed by atoms with E-state index in [0.717, 1.165) is 24.3 Å². The minimum Gasteiger partial charge on any atom is -0.465 e. The van der Waals surface area contributed by atoms with Gasteiger partial charge in [-0.1, -0.05) is 30.3 Å². The van der Waals surface area contributed by atoms with E-state index < -0.39 is 0 Å². The van der Waals surface area contributed by atoms with Gasteiger partial charge in [0.2, 0.25) is 0 Å². The summed E-state index contributed by atoms with van der Waals surface area (Å²) in [5, 5.41) is 3.74. The molecule has 6 heteroatoms. The Balaban J connectivity index is 2.09. The fourth-order valence-corrected chi connectivity index (χ4v) is 3.16. The molecule has 0 saturated carbocycles. The maximum absolute atomic E-state index is 12.0. The number of hydrogen-bond donors (Lipinski definition) is 1. The fourth-order valence-electron chi connectivity index (χ4n) is 2.91. The average molecular weight is 400 g/mol. The molecule has 0 unspecified atom stereocenters. The molecule has 2 rings (SSSR count). The van der Waals surface area contributed by atoms with Crippen molar-refractivity contribution in [1.29, 1.82) is 0 Å². The normalized spacial score (nSPS) is 10.2. The van der Waals surface area contributed by atoms with Crippen LogP contribution in [-0.4, -0.2) is 42.2 Å². The first-order chi connectivity index (χ1) is 13.6. The Bertz CT molecular complexity index is 746. The molecular weight excluding hydrogens is 370 g/mol. The van der Waals surface area contributed by atoms with E-state index >= 15 is 0 Å². The van der Waals surface area contributed by atoms with E-state index in [9.17, 15) is 4.79 Å². The van der Waals surface area contributed by atoms with Gasteiger partial charge in [0.1, 0.15) is 6.54 Å². The van der Waals surface area contributed by atoms with Gasteiger partial charge in [0.25, 0.3) is 0 Å². The second kappa shape index (κ2) is 11.3. The van der Waals surface area contributed by atoms with Crippen molar-refractivity contribution in [2.24, 2.45) is 0 Å². The highest BCUT2D eigenvalue weighted by Gasteiger charge is 2.16. The number of hydrogen-bond acceptors (Lipinski definition) is 4. The average Bonchev–Trinajstić information content (AvgIpc) is 2.70. The van der Waals surface area contributed by atoms with Gasteiger partial charge in [-0.3, -0.25) is 4.79 Å². The predicted molar refractivity (Wildman–Crippen MR) is 120 cm³/mol. The molecule has 0 aliphatic carbocycles. The summed E-state index contributed by atoms with van der Waals surface area (Å²) in [5.41, 5.74) is 3.14. The van der Waals surface area contributed by atoms with Gasteiger partial charge >= 0.3 is 5.97 Å². The Morgan fingerprint density at radius 3 is 2.21 bits per heavy atom. The summed E-state index contributed by atoms with van der Waals surface area (Å²) in [5.74, 6) is -0.292. The Kier molecular flexibility index (Phi) is 8.75. The molecule has 0 atom stereocenters. The van der Waals surface area contributed by atoms with Crippen LogP contribution in [0.2, 0.25) is 0 Å². The highest BCUT2D eigenvalue weighted by atomic mass is 32.1. The molecule has 0 fully saturated rings. The van der Waals surface area contributed by atoms with Gasteiger partial charge in [0.05, 0.1) is 6.61 Å². The molecule has 0 bridgehead atoms. The summed E-state index contributed by atoms with van der Waals surface area (Å²) in [6.45, 7) is 9.00. The Hall–Kier alpha value is -2.60. The lowest BCUT2D eigenvalue weighted by atomic mass is 10.2. The van der Waals surface area contributed by atoms with Crippen molar-refractivity contribution in [2.45, 2.75) is 27.3 Å². The quantitative estimate of drug-likeness (QED) is 0.501. The highest BCUT2D eigenvalue weighted by molar-refractivity contribution is 7.80. The molecule has 0 amide bonds.